The summed E-state index contributed by atoms with van der Waals surface area (Å²) in [7, 11) is 3.33. The van der Waals surface area contributed by atoms with Gasteiger partial charge in [-0.3, -0.25) is 9.89 Å². The van der Waals surface area contributed by atoms with Crippen LogP contribution in [0.1, 0.15) is 21.7 Å². The molecule has 0 fully saturated rings. The molecule has 0 aliphatic rings. The first-order valence-corrected chi connectivity index (χ1v) is 8.28. The highest BCUT2D eigenvalue weighted by molar-refractivity contribution is 5.95. The topological polar surface area (TPSA) is 126 Å². The molecule has 0 spiro atoms. The van der Waals surface area contributed by atoms with Gasteiger partial charge in [-0.25, -0.2) is 9.97 Å². The Labute approximate surface area is 163 Å². The molecule has 0 unspecified atom stereocenters. The van der Waals surface area contributed by atoms with Gasteiger partial charge in [-0.15, -0.1) is 0 Å². The number of nitrogen functional groups attached to an aromatic ring is 1. The van der Waals surface area contributed by atoms with Crippen molar-refractivity contribution in [3.63, 3.8) is 0 Å². The molecule has 2 aromatic heterocycles. The lowest BCUT2D eigenvalue weighted by Gasteiger charge is -2.14. The summed E-state index contributed by atoms with van der Waals surface area (Å²) >= 11 is 0. The fourth-order valence-electron chi connectivity index (χ4n) is 2.49. The second-order valence-electron chi connectivity index (χ2n) is 6.35. The number of nitrogens with one attached hydrogen (secondary N) is 2. The van der Waals surface area contributed by atoms with E-state index in [0.717, 1.165) is 5.56 Å². The Hall–Kier alpha value is -3.70. The molecule has 0 bridgehead atoms. The number of carbonyl (C=O) groups excluding carboxylic acids is 1. The van der Waals surface area contributed by atoms with E-state index in [1.54, 1.807) is 39.2 Å². The number of nitrogens with two attached hydrogens (primary N) is 1. The standard InChI is InChI=1S/C17H17F3N8O/c1-8-6-9(4-5-10(8)14(29)28(2)3)23-16-22-7-11(12(21)24-16)13-25-15(27-26-13)17(18,19)20/h4-7H,1-3H3,(H,25,26,27)(H3,21,22,23,24). The van der Waals surface area contributed by atoms with E-state index in [2.05, 4.69) is 25.4 Å². The molecule has 0 saturated carbocycles. The highest BCUT2D eigenvalue weighted by Gasteiger charge is 2.35. The van der Waals surface area contributed by atoms with Crippen molar-refractivity contribution in [2.75, 3.05) is 25.1 Å². The van der Waals surface area contributed by atoms with E-state index in [9.17, 15) is 18.0 Å². The zero-order chi connectivity index (χ0) is 21.3. The number of alkyl halides is 3. The van der Waals surface area contributed by atoms with Crippen LogP contribution in [0.25, 0.3) is 11.4 Å². The first-order chi connectivity index (χ1) is 13.6. The minimum Gasteiger partial charge on any atom is -0.383 e. The summed E-state index contributed by atoms with van der Waals surface area (Å²) < 4.78 is 37.9. The summed E-state index contributed by atoms with van der Waals surface area (Å²) in [6, 6.07) is 5.10. The van der Waals surface area contributed by atoms with E-state index in [4.69, 9.17) is 5.73 Å². The van der Waals surface area contributed by atoms with Crippen LogP contribution in [-0.2, 0) is 6.18 Å². The maximum absolute atomic E-state index is 12.6. The molecule has 2 heterocycles. The molecular formula is C17H17F3N8O. The zero-order valence-corrected chi connectivity index (χ0v) is 15.7. The molecule has 12 heteroatoms. The third-order valence-electron chi connectivity index (χ3n) is 3.93. The fraction of sp³-hybridized carbons (Fsp3) is 0.235. The van der Waals surface area contributed by atoms with Crippen LogP contribution in [0.2, 0.25) is 0 Å². The number of nitrogens with zero attached hydrogens (tertiary/aromatic N) is 5. The number of amides is 1. The van der Waals surface area contributed by atoms with E-state index in [1.165, 1.54) is 11.1 Å². The molecule has 4 N–H and O–H groups in total. The average molecular weight is 406 g/mol. The maximum atomic E-state index is 12.6. The maximum Gasteiger partial charge on any atom is 0.451 e. The van der Waals surface area contributed by atoms with Gasteiger partial charge in [0.25, 0.3) is 5.91 Å². The highest BCUT2D eigenvalue weighted by Crippen LogP contribution is 2.29. The molecule has 0 saturated heterocycles. The van der Waals surface area contributed by atoms with Crippen molar-refractivity contribution < 1.29 is 18.0 Å². The van der Waals surface area contributed by atoms with Crippen LogP contribution in [0, 0.1) is 6.92 Å². The van der Waals surface area contributed by atoms with Crippen molar-refractivity contribution in [3.8, 4) is 11.4 Å². The number of anilines is 3. The van der Waals surface area contributed by atoms with Gasteiger partial charge in [0.05, 0.1) is 5.56 Å². The first-order valence-electron chi connectivity index (χ1n) is 8.28. The zero-order valence-electron chi connectivity index (χ0n) is 15.7. The van der Waals surface area contributed by atoms with Crippen LogP contribution in [0.15, 0.2) is 24.4 Å². The minimum atomic E-state index is -4.65. The lowest BCUT2D eigenvalue weighted by Crippen LogP contribution is -2.22. The Bertz CT molecular complexity index is 1060. The average Bonchev–Trinajstić information content (AvgIpc) is 3.11. The third kappa shape index (κ3) is 4.25. The number of aromatic amines is 1. The van der Waals surface area contributed by atoms with Gasteiger partial charge in [-0.2, -0.15) is 23.3 Å². The summed E-state index contributed by atoms with van der Waals surface area (Å²) in [4.78, 5) is 25.0. The molecule has 0 atom stereocenters. The van der Waals surface area contributed by atoms with Crippen LogP contribution in [-0.4, -0.2) is 50.1 Å². The Balaban J connectivity index is 1.81. The van der Waals surface area contributed by atoms with Gasteiger partial charge in [0.15, 0.2) is 5.82 Å². The van der Waals surface area contributed by atoms with Gasteiger partial charge in [-0.1, -0.05) is 0 Å². The van der Waals surface area contributed by atoms with Crippen LogP contribution in [0.5, 0.6) is 0 Å². The molecule has 0 aliphatic carbocycles. The number of halogens is 3. The predicted octanol–water partition coefficient (Wildman–Crippen LogP) is 2.62. The Morgan fingerprint density at radius 2 is 1.97 bits per heavy atom. The fourth-order valence-corrected chi connectivity index (χ4v) is 2.49. The normalized spacial score (nSPS) is 11.4. The number of aromatic nitrogens is 5. The number of carbonyl (C=O) groups is 1. The molecule has 152 valence electrons. The molecule has 29 heavy (non-hydrogen) atoms. The molecule has 0 aliphatic heterocycles. The molecule has 1 aromatic carbocycles. The van der Waals surface area contributed by atoms with E-state index < -0.39 is 12.0 Å². The Morgan fingerprint density at radius 1 is 1.24 bits per heavy atom. The van der Waals surface area contributed by atoms with E-state index in [1.807, 2.05) is 5.10 Å². The van der Waals surface area contributed by atoms with Crippen molar-refractivity contribution >= 4 is 23.4 Å². The molecule has 3 aromatic rings. The van der Waals surface area contributed by atoms with Crippen molar-refractivity contribution in [2.24, 2.45) is 0 Å². The van der Waals surface area contributed by atoms with Crippen molar-refractivity contribution in [1.82, 2.24) is 30.0 Å². The monoisotopic (exact) mass is 406 g/mol. The number of H-pyrrole nitrogens is 1. The lowest BCUT2D eigenvalue weighted by atomic mass is 10.1. The molecular weight excluding hydrogens is 389 g/mol. The predicted molar refractivity (Wildman–Crippen MR) is 99.3 cm³/mol. The number of hydrogen-bond donors (Lipinski definition) is 3. The van der Waals surface area contributed by atoms with Gasteiger partial charge in [0, 0.05) is 31.5 Å². The number of aryl methyl sites for hydroxylation is 1. The van der Waals surface area contributed by atoms with Crippen LogP contribution >= 0.6 is 0 Å². The van der Waals surface area contributed by atoms with E-state index in [0.29, 0.717) is 11.3 Å². The van der Waals surface area contributed by atoms with Gasteiger partial charge < -0.3 is 16.0 Å². The summed E-state index contributed by atoms with van der Waals surface area (Å²) in [5.41, 5.74) is 7.82. The van der Waals surface area contributed by atoms with Gasteiger partial charge >= 0.3 is 6.18 Å². The summed E-state index contributed by atoms with van der Waals surface area (Å²) in [6.07, 6.45) is -3.43. The number of hydrogen-bond acceptors (Lipinski definition) is 7. The van der Waals surface area contributed by atoms with Crippen molar-refractivity contribution in [1.29, 1.82) is 0 Å². The van der Waals surface area contributed by atoms with E-state index in [-0.39, 0.29) is 29.1 Å². The summed E-state index contributed by atoms with van der Waals surface area (Å²) in [5, 5.41) is 8.25. The van der Waals surface area contributed by atoms with E-state index >= 15 is 0 Å². The number of rotatable bonds is 4. The highest BCUT2D eigenvalue weighted by atomic mass is 19.4. The largest absolute Gasteiger partial charge is 0.451 e. The van der Waals surface area contributed by atoms with Crippen LogP contribution < -0.4 is 11.1 Å². The van der Waals surface area contributed by atoms with Gasteiger partial charge in [0.2, 0.25) is 11.8 Å². The van der Waals surface area contributed by atoms with Gasteiger partial charge in [0.1, 0.15) is 5.82 Å². The Morgan fingerprint density at radius 3 is 2.52 bits per heavy atom. The van der Waals surface area contributed by atoms with Crippen LogP contribution in [0.3, 0.4) is 0 Å². The quantitative estimate of drug-likeness (QED) is 0.608. The molecule has 3 rings (SSSR count). The van der Waals surface area contributed by atoms with Gasteiger partial charge in [-0.05, 0) is 30.7 Å². The first kappa shape index (κ1) is 20.0. The molecule has 1 amide bonds. The SMILES string of the molecule is Cc1cc(Nc2ncc(-c3n[nH]c(C(F)(F)F)n3)c(N)n2)ccc1C(=O)N(C)C. The molecule has 9 nitrogen and oxygen atoms in total. The minimum absolute atomic E-state index is 0.0606. The number of benzene rings is 1. The van der Waals surface area contributed by atoms with Crippen LogP contribution in [0.4, 0.5) is 30.6 Å². The van der Waals surface area contributed by atoms with Crippen molar-refractivity contribution in [2.45, 2.75) is 13.1 Å². The second kappa shape index (κ2) is 7.37. The second-order valence-corrected chi connectivity index (χ2v) is 6.35. The smallest absolute Gasteiger partial charge is 0.383 e. The lowest BCUT2D eigenvalue weighted by molar-refractivity contribution is -0.144. The van der Waals surface area contributed by atoms with Crippen molar-refractivity contribution in [3.05, 3.63) is 41.3 Å². The summed E-state index contributed by atoms with van der Waals surface area (Å²) in [5.74, 6) is -1.58. The summed E-state index contributed by atoms with van der Waals surface area (Å²) in [6.45, 7) is 1.79. The Kier molecular flexibility index (Phi) is 5.10. The third-order valence-corrected chi connectivity index (χ3v) is 3.93. The molecule has 0 radical (unpaired) electrons.